The first kappa shape index (κ1) is 17.3. The summed E-state index contributed by atoms with van der Waals surface area (Å²) in [4.78, 5) is 36.6. The monoisotopic (exact) mass is 336 g/mol. The smallest absolute Gasteiger partial charge is 0.338 e. The van der Waals surface area contributed by atoms with Crippen molar-refractivity contribution in [3.63, 3.8) is 0 Å². The zero-order valence-corrected chi connectivity index (χ0v) is 13.9. The number of hydrogen-bond donors (Lipinski definition) is 1. The number of hydrogen-bond acceptors (Lipinski definition) is 5. The van der Waals surface area contributed by atoms with E-state index in [4.69, 9.17) is 4.74 Å². The summed E-state index contributed by atoms with van der Waals surface area (Å²) in [7, 11) is 0. The Balaban J connectivity index is 1.83. The number of amides is 2. The highest BCUT2D eigenvalue weighted by molar-refractivity contribution is 8.00. The average Bonchev–Trinajstić information content (AvgIpc) is 2.93. The Morgan fingerprint density at radius 3 is 2.65 bits per heavy atom. The van der Waals surface area contributed by atoms with Crippen molar-refractivity contribution in [2.24, 2.45) is 0 Å². The first-order valence-electron chi connectivity index (χ1n) is 7.52. The van der Waals surface area contributed by atoms with E-state index in [0.29, 0.717) is 29.5 Å². The number of thioether (sulfide) groups is 1. The largest absolute Gasteiger partial charge is 0.462 e. The number of benzene rings is 1. The predicted molar refractivity (Wildman–Crippen MR) is 89.3 cm³/mol. The van der Waals surface area contributed by atoms with E-state index in [2.05, 4.69) is 5.32 Å². The topological polar surface area (TPSA) is 75.7 Å². The molecule has 2 rings (SSSR count). The van der Waals surface area contributed by atoms with Crippen molar-refractivity contribution >= 4 is 35.2 Å². The Kier molecular flexibility index (Phi) is 6.46. The van der Waals surface area contributed by atoms with E-state index >= 15 is 0 Å². The zero-order valence-electron chi connectivity index (χ0n) is 13.0. The van der Waals surface area contributed by atoms with Crippen LogP contribution in [0.1, 0.15) is 30.1 Å². The minimum atomic E-state index is -0.365. The van der Waals surface area contributed by atoms with Crippen molar-refractivity contribution in [3.05, 3.63) is 29.8 Å². The van der Waals surface area contributed by atoms with Crippen LogP contribution >= 0.6 is 11.8 Å². The van der Waals surface area contributed by atoms with E-state index in [1.807, 2.05) is 6.92 Å². The second kappa shape index (κ2) is 8.57. The van der Waals surface area contributed by atoms with Crippen molar-refractivity contribution in [2.75, 3.05) is 30.1 Å². The normalized spacial score (nSPS) is 14.0. The fourth-order valence-corrected chi connectivity index (χ4v) is 2.90. The minimum absolute atomic E-state index is 0.0182. The van der Waals surface area contributed by atoms with Crippen LogP contribution in [-0.2, 0) is 14.3 Å². The summed E-state index contributed by atoms with van der Waals surface area (Å²) in [6, 6.07) is 6.52. The van der Waals surface area contributed by atoms with Gasteiger partial charge in [-0.25, -0.2) is 4.79 Å². The molecule has 0 saturated carbocycles. The van der Waals surface area contributed by atoms with Gasteiger partial charge in [0.2, 0.25) is 11.8 Å². The average molecular weight is 336 g/mol. The summed E-state index contributed by atoms with van der Waals surface area (Å²) in [5.74, 6) is 0.349. The van der Waals surface area contributed by atoms with Crippen LogP contribution in [0.3, 0.4) is 0 Å². The van der Waals surface area contributed by atoms with Gasteiger partial charge in [0.05, 0.1) is 23.8 Å². The molecule has 0 atom stereocenters. The number of nitrogens with zero attached hydrogens (tertiary/aromatic N) is 1. The van der Waals surface area contributed by atoms with Crippen molar-refractivity contribution in [1.82, 2.24) is 4.90 Å². The van der Waals surface area contributed by atoms with E-state index in [9.17, 15) is 14.4 Å². The fourth-order valence-electron chi connectivity index (χ4n) is 2.00. The molecule has 6 nitrogen and oxygen atoms in total. The third kappa shape index (κ3) is 5.28. The van der Waals surface area contributed by atoms with Gasteiger partial charge in [0, 0.05) is 5.69 Å². The third-order valence-electron chi connectivity index (χ3n) is 3.30. The van der Waals surface area contributed by atoms with Crippen LogP contribution < -0.4 is 5.32 Å². The maximum absolute atomic E-state index is 11.9. The Labute approximate surface area is 139 Å². The molecule has 0 spiro atoms. The Bertz CT molecular complexity index is 574. The SMILES string of the molecule is CCCCOC(=O)c1ccc(NC(=O)CN2CSCC2=O)cc1. The van der Waals surface area contributed by atoms with Crippen molar-refractivity contribution < 1.29 is 19.1 Å². The van der Waals surface area contributed by atoms with Gasteiger partial charge in [0.1, 0.15) is 6.54 Å². The summed E-state index contributed by atoms with van der Waals surface area (Å²) < 4.78 is 5.12. The third-order valence-corrected chi connectivity index (χ3v) is 4.24. The van der Waals surface area contributed by atoms with Gasteiger partial charge in [0.25, 0.3) is 0 Å². The van der Waals surface area contributed by atoms with Gasteiger partial charge in [-0.3, -0.25) is 9.59 Å². The maximum Gasteiger partial charge on any atom is 0.338 e. The van der Waals surface area contributed by atoms with Gasteiger partial charge >= 0.3 is 5.97 Å². The lowest BCUT2D eigenvalue weighted by molar-refractivity contribution is -0.130. The summed E-state index contributed by atoms with van der Waals surface area (Å²) in [6.07, 6.45) is 1.81. The molecule has 7 heteroatoms. The first-order chi connectivity index (χ1) is 11.1. The molecule has 2 amide bonds. The molecule has 1 aliphatic heterocycles. The molecular weight excluding hydrogens is 316 g/mol. The summed E-state index contributed by atoms with van der Waals surface area (Å²) in [5.41, 5.74) is 1.03. The van der Waals surface area contributed by atoms with Crippen LogP contribution in [0, 0.1) is 0 Å². The summed E-state index contributed by atoms with van der Waals surface area (Å²) in [5, 5.41) is 2.71. The number of ether oxygens (including phenoxy) is 1. The van der Waals surface area contributed by atoms with Gasteiger partial charge in [-0.1, -0.05) is 13.3 Å². The molecule has 124 valence electrons. The van der Waals surface area contributed by atoms with Gasteiger partial charge < -0.3 is 15.0 Å². The van der Waals surface area contributed by atoms with Crippen LogP contribution in [0.4, 0.5) is 5.69 Å². The van der Waals surface area contributed by atoms with E-state index < -0.39 is 0 Å². The van der Waals surface area contributed by atoms with Crippen LogP contribution in [0.5, 0.6) is 0 Å². The number of carbonyl (C=O) groups is 3. The second-order valence-electron chi connectivity index (χ2n) is 5.18. The van der Waals surface area contributed by atoms with Crippen molar-refractivity contribution in [3.8, 4) is 0 Å². The van der Waals surface area contributed by atoms with E-state index in [0.717, 1.165) is 12.8 Å². The maximum atomic E-state index is 11.9. The number of nitrogens with one attached hydrogen (secondary N) is 1. The Hall–Kier alpha value is -2.02. The lowest BCUT2D eigenvalue weighted by Gasteiger charge is -2.14. The molecule has 1 saturated heterocycles. The number of unbranched alkanes of at least 4 members (excludes halogenated alkanes) is 1. The first-order valence-corrected chi connectivity index (χ1v) is 8.68. The molecule has 1 aliphatic rings. The molecule has 1 aromatic rings. The van der Waals surface area contributed by atoms with Crippen LogP contribution in [0.25, 0.3) is 0 Å². The van der Waals surface area contributed by atoms with Crippen LogP contribution in [-0.4, -0.2) is 47.5 Å². The second-order valence-corrected chi connectivity index (χ2v) is 6.14. The minimum Gasteiger partial charge on any atom is -0.462 e. The molecule has 1 fully saturated rings. The van der Waals surface area contributed by atoms with E-state index in [1.165, 1.54) is 16.7 Å². The summed E-state index contributed by atoms with van der Waals surface area (Å²) in [6.45, 7) is 2.49. The van der Waals surface area contributed by atoms with Crippen molar-refractivity contribution in [2.45, 2.75) is 19.8 Å². The molecule has 1 aromatic carbocycles. The Morgan fingerprint density at radius 2 is 2.04 bits per heavy atom. The lowest BCUT2D eigenvalue weighted by atomic mass is 10.2. The highest BCUT2D eigenvalue weighted by Gasteiger charge is 2.22. The molecule has 23 heavy (non-hydrogen) atoms. The van der Waals surface area contributed by atoms with E-state index in [1.54, 1.807) is 24.3 Å². The molecule has 0 bridgehead atoms. The molecule has 0 unspecified atom stereocenters. The molecule has 0 aliphatic carbocycles. The zero-order chi connectivity index (χ0) is 16.7. The molecule has 1 N–H and O–H groups in total. The van der Waals surface area contributed by atoms with Gasteiger partial charge in [-0.05, 0) is 30.7 Å². The van der Waals surface area contributed by atoms with Crippen molar-refractivity contribution in [1.29, 1.82) is 0 Å². The molecule has 0 aromatic heterocycles. The highest BCUT2D eigenvalue weighted by Crippen LogP contribution is 2.15. The van der Waals surface area contributed by atoms with Crippen LogP contribution in [0.2, 0.25) is 0 Å². The van der Waals surface area contributed by atoms with Crippen LogP contribution in [0.15, 0.2) is 24.3 Å². The highest BCUT2D eigenvalue weighted by atomic mass is 32.2. The van der Waals surface area contributed by atoms with Gasteiger partial charge in [-0.15, -0.1) is 11.8 Å². The number of esters is 1. The predicted octanol–water partition coefficient (Wildman–Crippen LogP) is 2.11. The van der Waals surface area contributed by atoms with Gasteiger partial charge in [-0.2, -0.15) is 0 Å². The van der Waals surface area contributed by atoms with Gasteiger partial charge in [0.15, 0.2) is 0 Å². The number of anilines is 1. The van der Waals surface area contributed by atoms with E-state index in [-0.39, 0.29) is 24.3 Å². The molecule has 1 heterocycles. The molecule has 0 radical (unpaired) electrons. The molecular formula is C16H20N2O4S. The number of rotatable bonds is 7. The number of carbonyl (C=O) groups excluding carboxylic acids is 3. The fraction of sp³-hybridized carbons (Fsp3) is 0.438. The standard InChI is InChI=1S/C16H20N2O4S/c1-2-3-8-22-16(21)12-4-6-13(7-5-12)17-14(19)9-18-11-23-10-15(18)20/h4-7H,2-3,8-11H2,1H3,(H,17,19). The Morgan fingerprint density at radius 1 is 1.30 bits per heavy atom. The summed E-state index contributed by atoms with van der Waals surface area (Å²) >= 11 is 1.50. The quantitative estimate of drug-likeness (QED) is 0.610. The lowest BCUT2D eigenvalue weighted by Crippen LogP contribution is -2.34.